The molecule has 0 bridgehead atoms. The molecule has 0 spiro atoms. The van der Waals surface area contributed by atoms with Gasteiger partial charge in [-0.1, -0.05) is 13.8 Å². The van der Waals surface area contributed by atoms with Crippen LogP contribution in [0.25, 0.3) is 0 Å². The third-order valence-corrected chi connectivity index (χ3v) is 3.94. The minimum absolute atomic E-state index is 0.0110. The van der Waals surface area contributed by atoms with Crippen LogP contribution in [0.1, 0.15) is 27.2 Å². The first-order valence-electron chi connectivity index (χ1n) is 6.27. The Labute approximate surface area is 112 Å². The zero-order chi connectivity index (χ0) is 14.1. The van der Waals surface area contributed by atoms with E-state index >= 15 is 0 Å². The lowest BCUT2D eigenvalue weighted by atomic mass is 9.54. The molecular formula is C12H19N5O2. The van der Waals surface area contributed by atoms with Crippen LogP contribution in [-0.4, -0.2) is 39.3 Å². The van der Waals surface area contributed by atoms with Gasteiger partial charge in [0.05, 0.1) is 18.5 Å². The summed E-state index contributed by atoms with van der Waals surface area (Å²) in [5, 5.41) is 9.96. The number of nitrogens with zero attached hydrogens (tertiary/aromatic N) is 3. The lowest BCUT2D eigenvalue weighted by Gasteiger charge is -2.57. The molecule has 0 radical (unpaired) electrons. The summed E-state index contributed by atoms with van der Waals surface area (Å²) in [6, 6.07) is 0. The number of ether oxygens (including phenoxy) is 1. The molecule has 1 aromatic heterocycles. The first kappa shape index (κ1) is 13.8. The van der Waals surface area contributed by atoms with E-state index in [-0.39, 0.29) is 18.0 Å². The number of hydrogen-bond donors (Lipinski definition) is 2. The van der Waals surface area contributed by atoms with Crippen molar-refractivity contribution >= 4 is 11.9 Å². The van der Waals surface area contributed by atoms with Gasteiger partial charge in [-0.15, -0.1) is 5.10 Å². The van der Waals surface area contributed by atoms with Gasteiger partial charge in [-0.3, -0.25) is 10.1 Å². The molecule has 7 nitrogen and oxygen atoms in total. The smallest absolute Gasteiger partial charge is 0.249 e. The SMILES string of the molecule is CCOC1CC(N)(C(=O)Nc2nccnn2)C1(C)C. The maximum Gasteiger partial charge on any atom is 0.249 e. The molecule has 19 heavy (non-hydrogen) atoms. The highest BCUT2D eigenvalue weighted by Crippen LogP contribution is 2.50. The van der Waals surface area contributed by atoms with Gasteiger partial charge in [-0.05, 0) is 6.92 Å². The van der Waals surface area contributed by atoms with Gasteiger partial charge in [0.25, 0.3) is 0 Å². The maximum atomic E-state index is 12.3. The lowest BCUT2D eigenvalue weighted by molar-refractivity contribution is -0.166. The number of anilines is 1. The molecule has 104 valence electrons. The van der Waals surface area contributed by atoms with Crippen LogP contribution in [0.3, 0.4) is 0 Å². The van der Waals surface area contributed by atoms with E-state index in [0.717, 1.165) is 0 Å². The average molecular weight is 265 g/mol. The van der Waals surface area contributed by atoms with E-state index in [1.165, 1.54) is 12.4 Å². The highest BCUT2D eigenvalue weighted by atomic mass is 16.5. The van der Waals surface area contributed by atoms with Crippen molar-refractivity contribution in [3.05, 3.63) is 12.4 Å². The van der Waals surface area contributed by atoms with Crippen LogP contribution in [0.4, 0.5) is 5.95 Å². The Morgan fingerprint density at radius 3 is 2.84 bits per heavy atom. The molecule has 0 aliphatic heterocycles. The van der Waals surface area contributed by atoms with E-state index in [9.17, 15) is 4.79 Å². The summed E-state index contributed by atoms with van der Waals surface area (Å²) in [6.07, 6.45) is 3.37. The number of carbonyl (C=O) groups excluding carboxylic acids is 1. The molecule has 1 heterocycles. The second-order valence-corrected chi connectivity index (χ2v) is 5.26. The average Bonchev–Trinajstić information content (AvgIpc) is 2.39. The predicted molar refractivity (Wildman–Crippen MR) is 69.2 cm³/mol. The summed E-state index contributed by atoms with van der Waals surface area (Å²) in [5.41, 5.74) is 4.81. The number of carbonyl (C=O) groups is 1. The molecular weight excluding hydrogens is 246 g/mol. The van der Waals surface area contributed by atoms with Gasteiger partial charge < -0.3 is 10.5 Å². The number of rotatable bonds is 4. The van der Waals surface area contributed by atoms with Crippen molar-refractivity contribution in [2.24, 2.45) is 11.1 Å². The third-order valence-electron chi connectivity index (χ3n) is 3.94. The van der Waals surface area contributed by atoms with Crippen molar-refractivity contribution in [1.82, 2.24) is 15.2 Å². The van der Waals surface area contributed by atoms with Crippen molar-refractivity contribution in [3.8, 4) is 0 Å². The summed E-state index contributed by atoms with van der Waals surface area (Å²) in [4.78, 5) is 16.2. The van der Waals surface area contributed by atoms with Crippen LogP contribution in [0, 0.1) is 5.41 Å². The van der Waals surface area contributed by atoms with Crippen molar-refractivity contribution in [3.63, 3.8) is 0 Å². The van der Waals surface area contributed by atoms with Crippen LogP contribution in [0.2, 0.25) is 0 Å². The molecule has 1 aliphatic rings. The summed E-state index contributed by atoms with van der Waals surface area (Å²) < 4.78 is 5.59. The Hall–Kier alpha value is -1.60. The van der Waals surface area contributed by atoms with Crippen molar-refractivity contribution in [2.75, 3.05) is 11.9 Å². The highest BCUT2D eigenvalue weighted by Gasteiger charge is 2.63. The summed E-state index contributed by atoms with van der Waals surface area (Å²) >= 11 is 0. The van der Waals surface area contributed by atoms with E-state index in [2.05, 4.69) is 20.5 Å². The monoisotopic (exact) mass is 265 g/mol. The van der Waals surface area contributed by atoms with E-state index in [0.29, 0.717) is 13.0 Å². The van der Waals surface area contributed by atoms with Crippen LogP contribution < -0.4 is 11.1 Å². The highest BCUT2D eigenvalue weighted by molar-refractivity contribution is 5.98. The Morgan fingerprint density at radius 2 is 2.32 bits per heavy atom. The minimum Gasteiger partial charge on any atom is -0.378 e. The van der Waals surface area contributed by atoms with E-state index in [1.807, 2.05) is 20.8 Å². The van der Waals surface area contributed by atoms with Crippen LogP contribution in [0.15, 0.2) is 12.4 Å². The van der Waals surface area contributed by atoms with E-state index in [1.54, 1.807) is 0 Å². The molecule has 1 aliphatic carbocycles. The molecule has 2 rings (SSSR count). The fourth-order valence-electron chi connectivity index (χ4n) is 2.34. The van der Waals surface area contributed by atoms with Gasteiger partial charge in [0.15, 0.2) is 0 Å². The molecule has 2 unspecified atom stereocenters. The maximum absolute atomic E-state index is 12.3. The van der Waals surface area contributed by atoms with Crippen LogP contribution >= 0.6 is 0 Å². The summed E-state index contributed by atoms with van der Waals surface area (Å²) in [6.45, 7) is 6.40. The number of amides is 1. The van der Waals surface area contributed by atoms with Gasteiger partial charge in [0, 0.05) is 18.4 Å². The predicted octanol–water partition coefficient (Wildman–Crippen LogP) is 0.343. The zero-order valence-electron chi connectivity index (χ0n) is 11.4. The fraction of sp³-hybridized carbons (Fsp3) is 0.667. The molecule has 1 aromatic rings. The van der Waals surface area contributed by atoms with Gasteiger partial charge in [-0.25, -0.2) is 4.98 Å². The molecule has 0 saturated heterocycles. The zero-order valence-corrected chi connectivity index (χ0v) is 11.4. The topological polar surface area (TPSA) is 103 Å². The number of hydrogen-bond acceptors (Lipinski definition) is 6. The molecule has 7 heteroatoms. The van der Waals surface area contributed by atoms with E-state index < -0.39 is 11.0 Å². The van der Waals surface area contributed by atoms with Gasteiger partial charge in [-0.2, -0.15) is 5.10 Å². The second kappa shape index (κ2) is 4.82. The van der Waals surface area contributed by atoms with Crippen LogP contribution in [0.5, 0.6) is 0 Å². The minimum atomic E-state index is -0.980. The molecule has 1 fully saturated rings. The molecule has 2 atom stereocenters. The third kappa shape index (κ3) is 2.19. The van der Waals surface area contributed by atoms with Crippen molar-refractivity contribution in [1.29, 1.82) is 0 Å². The van der Waals surface area contributed by atoms with E-state index in [4.69, 9.17) is 10.5 Å². The first-order valence-corrected chi connectivity index (χ1v) is 6.27. The van der Waals surface area contributed by atoms with Crippen molar-refractivity contribution in [2.45, 2.75) is 38.8 Å². The number of nitrogens with two attached hydrogens (primary N) is 1. The molecule has 1 amide bonds. The van der Waals surface area contributed by atoms with Gasteiger partial charge in [0.2, 0.25) is 11.9 Å². The van der Waals surface area contributed by atoms with Crippen molar-refractivity contribution < 1.29 is 9.53 Å². The molecule has 3 N–H and O–H groups in total. The lowest BCUT2D eigenvalue weighted by Crippen LogP contribution is -2.74. The first-order chi connectivity index (χ1) is 8.91. The molecule has 0 aromatic carbocycles. The number of nitrogens with one attached hydrogen (secondary N) is 1. The fourth-order valence-corrected chi connectivity index (χ4v) is 2.34. The Morgan fingerprint density at radius 1 is 1.58 bits per heavy atom. The summed E-state index contributed by atoms with van der Waals surface area (Å²) in [5.74, 6) is -0.144. The largest absolute Gasteiger partial charge is 0.378 e. The second-order valence-electron chi connectivity index (χ2n) is 5.26. The summed E-state index contributed by atoms with van der Waals surface area (Å²) in [7, 11) is 0. The van der Waals surface area contributed by atoms with Gasteiger partial charge >= 0.3 is 0 Å². The number of aromatic nitrogens is 3. The Balaban J connectivity index is 2.08. The molecule has 1 saturated carbocycles. The van der Waals surface area contributed by atoms with Gasteiger partial charge in [0.1, 0.15) is 5.54 Å². The van der Waals surface area contributed by atoms with Crippen LogP contribution in [-0.2, 0) is 9.53 Å². The normalized spacial score (nSPS) is 28.5. The Bertz CT molecular complexity index is 464. The Kier molecular flexibility index (Phi) is 3.51. The quantitative estimate of drug-likeness (QED) is 0.813. The standard InChI is InChI=1S/C12H19N5O2/c1-4-19-8-7-12(13,11(8,2)3)9(18)16-10-14-5-6-15-17-10/h5-6,8H,4,7,13H2,1-3H3,(H,14,16,17,18).